The van der Waals surface area contributed by atoms with Gasteiger partial charge in [0.1, 0.15) is 10.8 Å². The topological polar surface area (TPSA) is 60.0 Å². The number of nitrogens with two attached hydrogens (primary N) is 1. The average Bonchev–Trinajstić information content (AvgIpc) is 2.93. The zero-order valence-corrected chi connectivity index (χ0v) is 11.1. The first-order chi connectivity index (χ1) is 8.29. The molecule has 7 heteroatoms. The molecule has 0 saturated heterocycles. The van der Waals surface area contributed by atoms with Gasteiger partial charge in [-0.2, -0.15) is 4.37 Å². The maximum Gasteiger partial charge on any atom is 0.153 e. The van der Waals surface area contributed by atoms with Crippen molar-refractivity contribution in [3.05, 3.63) is 18.2 Å². The number of fused-ring (bicyclic) bond motifs is 1. The molecule has 17 heavy (non-hydrogen) atoms. The molecule has 3 heterocycles. The Kier molecular flexibility index (Phi) is 2.71. The minimum Gasteiger partial charge on any atom is -0.382 e. The lowest BCUT2D eigenvalue weighted by atomic mass is 10.3. The lowest BCUT2D eigenvalue weighted by molar-refractivity contribution is 0.561. The summed E-state index contributed by atoms with van der Waals surface area (Å²) in [5, 5.41) is 1.17. The molecule has 0 amide bonds. The van der Waals surface area contributed by atoms with Crippen LogP contribution in [0.15, 0.2) is 17.3 Å². The fourth-order valence-corrected chi connectivity index (χ4v) is 3.74. The van der Waals surface area contributed by atoms with E-state index >= 15 is 0 Å². The van der Waals surface area contributed by atoms with Crippen LogP contribution in [0.25, 0.3) is 0 Å². The highest BCUT2D eigenvalue weighted by Gasteiger charge is 2.22. The van der Waals surface area contributed by atoms with E-state index in [9.17, 15) is 0 Å². The number of hydrogen-bond donors (Lipinski definition) is 1. The summed E-state index contributed by atoms with van der Waals surface area (Å²) in [6, 6.07) is 0. The third kappa shape index (κ3) is 1.79. The highest BCUT2D eigenvalue weighted by Crippen LogP contribution is 2.38. The van der Waals surface area contributed by atoms with Crippen molar-refractivity contribution >= 4 is 34.1 Å². The van der Waals surface area contributed by atoms with Gasteiger partial charge >= 0.3 is 0 Å². The number of aromatic nitrogens is 3. The molecule has 3 rings (SSSR count). The van der Waals surface area contributed by atoms with Crippen LogP contribution < -0.4 is 10.6 Å². The summed E-state index contributed by atoms with van der Waals surface area (Å²) in [4.78, 5) is 7.76. The number of hydrogen-bond acceptors (Lipinski definition) is 6. The van der Waals surface area contributed by atoms with E-state index in [1.165, 1.54) is 16.5 Å². The Labute approximate surface area is 108 Å². The highest BCUT2D eigenvalue weighted by molar-refractivity contribution is 7.99. The molecule has 0 atom stereocenters. The zero-order chi connectivity index (χ0) is 11.8. The van der Waals surface area contributed by atoms with Crippen LogP contribution >= 0.6 is 23.3 Å². The summed E-state index contributed by atoms with van der Waals surface area (Å²) in [5.74, 6) is 1.75. The summed E-state index contributed by atoms with van der Waals surface area (Å²) >= 11 is 3.14. The van der Waals surface area contributed by atoms with Gasteiger partial charge in [-0.1, -0.05) is 0 Å². The van der Waals surface area contributed by atoms with Crippen molar-refractivity contribution in [1.82, 2.24) is 13.9 Å². The van der Waals surface area contributed by atoms with E-state index in [1.807, 2.05) is 18.6 Å². The summed E-state index contributed by atoms with van der Waals surface area (Å²) in [6.45, 7) is 2.79. The fourth-order valence-electron chi connectivity index (χ4n) is 2.02. The molecule has 0 saturated carbocycles. The van der Waals surface area contributed by atoms with Crippen LogP contribution in [0, 0.1) is 0 Å². The first kappa shape index (κ1) is 10.9. The SMILES string of the molecule is CSc1c(N)nsc1N1CCn2ccnc2C1. The Morgan fingerprint density at radius 1 is 1.47 bits per heavy atom. The van der Waals surface area contributed by atoms with Crippen LogP contribution in [0.3, 0.4) is 0 Å². The highest BCUT2D eigenvalue weighted by atomic mass is 32.2. The van der Waals surface area contributed by atoms with Gasteiger partial charge in [0.25, 0.3) is 0 Å². The smallest absolute Gasteiger partial charge is 0.153 e. The van der Waals surface area contributed by atoms with Crippen LogP contribution in [0.2, 0.25) is 0 Å². The third-order valence-electron chi connectivity index (χ3n) is 2.89. The molecule has 0 unspecified atom stereocenters. The molecule has 0 aromatic carbocycles. The van der Waals surface area contributed by atoms with Gasteiger partial charge in [0.2, 0.25) is 0 Å². The zero-order valence-electron chi connectivity index (χ0n) is 9.46. The number of nitrogens with zero attached hydrogens (tertiary/aromatic N) is 4. The molecule has 0 aliphatic carbocycles. The Hall–Kier alpha value is -1.21. The second-order valence-corrected chi connectivity index (χ2v) is 5.43. The van der Waals surface area contributed by atoms with Crippen LogP contribution in [0.5, 0.6) is 0 Å². The predicted octanol–water partition coefficient (Wildman–Crippen LogP) is 1.66. The normalized spacial score (nSPS) is 15.0. The molecule has 1 aliphatic heterocycles. The van der Waals surface area contributed by atoms with Crippen molar-refractivity contribution in [2.75, 3.05) is 23.4 Å². The molecule has 1 aliphatic rings. The maximum absolute atomic E-state index is 5.86. The Morgan fingerprint density at radius 2 is 2.35 bits per heavy atom. The summed E-state index contributed by atoms with van der Waals surface area (Å²) in [5.41, 5.74) is 5.86. The van der Waals surface area contributed by atoms with E-state index in [1.54, 1.807) is 11.8 Å². The first-order valence-corrected chi connectivity index (χ1v) is 7.33. The number of imidazole rings is 1. The predicted molar refractivity (Wildman–Crippen MR) is 71.6 cm³/mol. The maximum atomic E-state index is 5.86. The van der Waals surface area contributed by atoms with Crippen LogP contribution in [0.4, 0.5) is 10.8 Å². The molecule has 0 radical (unpaired) electrons. The summed E-state index contributed by atoms with van der Waals surface area (Å²) in [7, 11) is 0. The number of thioether (sulfide) groups is 1. The molecular weight excluding hydrogens is 254 g/mol. The lowest BCUT2D eigenvalue weighted by Gasteiger charge is -2.28. The van der Waals surface area contributed by atoms with Gasteiger partial charge in [-0.15, -0.1) is 11.8 Å². The molecule has 0 fully saturated rings. The third-order valence-corrected chi connectivity index (χ3v) is 4.76. The van der Waals surface area contributed by atoms with Crippen molar-refractivity contribution in [3.8, 4) is 0 Å². The van der Waals surface area contributed by atoms with Crippen molar-refractivity contribution in [2.45, 2.75) is 18.0 Å². The van der Waals surface area contributed by atoms with Gasteiger partial charge in [-0.05, 0) is 17.8 Å². The van der Waals surface area contributed by atoms with Gasteiger partial charge in [0, 0.05) is 25.5 Å². The van der Waals surface area contributed by atoms with Crippen molar-refractivity contribution in [2.24, 2.45) is 0 Å². The first-order valence-electron chi connectivity index (χ1n) is 5.33. The molecule has 0 bridgehead atoms. The Balaban J connectivity index is 1.91. The van der Waals surface area contributed by atoms with Crippen molar-refractivity contribution in [1.29, 1.82) is 0 Å². The molecule has 2 N–H and O–H groups in total. The second-order valence-electron chi connectivity index (χ2n) is 3.86. The van der Waals surface area contributed by atoms with Crippen molar-refractivity contribution in [3.63, 3.8) is 0 Å². The van der Waals surface area contributed by atoms with E-state index in [0.29, 0.717) is 5.82 Å². The van der Waals surface area contributed by atoms with Crippen LogP contribution in [-0.4, -0.2) is 26.7 Å². The van der Waals surface area contributed by atoms with Crippen molar-refractivity contribution < 1.29 is 0 Å². The number of rotatable bonds is 2. The van der Waals surface area contributed by atoms with E-state index in [-0.39, 0.29) is 0 Å². The molecule has 2 aromatic rings. The lowest BCUT2D eigenvalue weighted by Crippen LogP contribution is -2.33. The minimum absolute atomic E-state index is 0.645. The monoisotopic (exact) mass is 267 g/mol. The number of anilines is 2. The molecule has 2 aromatic heterocycles. The molecule has 0 spiro atoms. The standard InChI is InChI=1S/C10H13N5S2/c1-16-8-9(11)13-17-10(8)15-5-4-14-3-2-12-7(14)6-15/h2-3H,4-6H2,1H3,(H2,11,13). The van der Waals surface area contributed by atoms with Gasteiger partial charge in [0.05, 0.1) is 11.4 Å². The average molecular weight is 267 g/mol. The van der Waals surface area contributed by atoms with E-state index in [4.69, 9.17) is 5.73 Å². The van der Waals surface area contributed by atoms with Gasteiger partial charge in [0.15, 0.2) is 5.82 Å². The van der Waals surface area contributed by atoms with Crippen LogP contribution in [0.1, 0.15) is 5.82 Å². The molecule has 90 valence electrons. The van der Waals surface area contributed by atoms with Gasteiger partial charge in [-0.3, -0.25) is 0 Å². The van der Waals surface area contributed by atoms with Gasteiger partial charge in [-0.25, -0.2) is 4.98 Å². The van der Waals surface area contributed by atoms with E-state index in [2.05, 4.69) is 18.8 Å². The largest absolute Gasteiger partial charge is 0.382 e. The van der Waals surface area contributed by atoms with Crippen LogP contribution in [-0.2, 0) is 13.1 Å². The Bertz CT molecular complexity index is 533. The minimum atomic E-state index is 0.645. The summed E-state index contributed by atoms with van der Waals surface area (Å²) in [6.07, 6.45) is 5.92. The van der Waals surface area contributed by atoms with E-state index in [0.717, 1.165) is 30.4 Å². The Morgan fingerprint density at radius 3 is 3.18 bits per heavy atom. The quantitative estimate of drug-likeness (QED) is 0.839. The summed E-state index contributed by atoms with van der Waals surface area (Å²) < 4.78 is 6.43. The number of nitrogen functional groups attached to an aromatic ring is 1. The fraction of sp³-hybridized carbons (Fsp3) is 0.400. The molecule has 5 nitrogen and oxygen atoms in total. The van der Waals surface area contributed by atoms with Gasteiger partial charge < -0.3 is 15.2 Å². The molecular formula is C10H13N5S2. The van der Waals surface area contributed by atoms with E-state index < -0.39 is 0 Å². The second kappa shape index (κ2) is 4.23.